The Hall–Kier alpha value is -1.78. The normalized spacial score (nSPS) is 23.7. The van der Waals surface area contributed by atoms with Crippen LogP contribution >= 0.6 is 11.6 Å². The van der Waals surface area contributed by atoms with Crippen LogP contribution in [0.4, 0.5) is 0 Å². The molecule has 2 N–H and O–H groups in total. The fourth-order valence-corrected chi connectivity index (χ4v) is 6.07. The number of hydrogen-bond acceptors (Lipinski definition) is 6. The smallest absolute Gasteiger partial charge is 0.243 e. The topological polar surface area (TPSA) is 103 Å². The summed E-state index contributed by atoms with van der Waals surface area (Å²) in [4.78, 5) is 18.3. The lowest BCUT2D eigenvalue weighted by molar-refractivity contribution is -0.122. The fourth-order valence-electron chi connectivity index (χ4n) is 4.01. The van der Waals surface area contributed by atoms with Crippen molar-refractivity contribution in [2.45, 2.75) is 29.9 Å². The second kappa shape index (κ2) is 8.16. The lowest BCUT2D eigenvalue weighted by Crippen LogP contribution is -2.43. The number of β-amino-alcohol motifs (C(OH)–C–C–N with tert-alkyl or cyclic N) is 1. The highest BCUT2D eigenvalue weighted by atomic mass is 35.5. The number of carbonyl (C=O) groups is 1. The van der Waals surface area contributed by atoms with E-state index in [1.54, 1.807) is 24.4 Å². The van der Waals surface area contributed by atoms with Crippen molar-refractivity contribution < 1.29 is 18.3 Å². The minimum absolute atomic E-state index is 0.150. The van der Waals surface area contributed by atoms with E-state index in [1.807, 2.05) is 4.90 Å². The first-order valence-electron chi connectivity index (χ1n) is 9.57. The summed E-state index contributed by atoms with van der Waals surface area (Å²) < 4.78 is 27.9. The molecule has 10 heteroatoms. The zero-order chi connectivity index (χ0) is 20.6. The molecule has 0 radical (unpaired) electrons. The number of aliphatic hydroxyl groups excluding tert-OH is 1. The van der Waals surface area contributed by atoms with Crippen molar-refractivity contribution >= 4 is 38.3 Å². The number of nitrogens with one attached hydrogen (secondary N) is 1. The molecule has 2 aliphatic heterocycles. The number of nitrogens with zero attached hydrogens (tertiary/aromatic N) is 3. The molecule has 4 rings (SSSR count). The molecule has 1 unspecified atom stereocenters. The Labute approximate surface area is 174 Å². The second-order valence-electron chi connectivity index (χ2n) is 7.57. The minimum Gasteiger partial charge on any atom is -0.392 e. The summed E-state index contributed by atoms with van der Waals surface area (Å²) in [6, 6.07) is 4.76. The molecule has 2 aliphatic rings. The molecule has 2 fully saturated rings. The van der Waals surface area contributed by atoms with E-state index >= 15 is 0 Å². The number of sulfonamides is 1. The van der Waals surface area contributed by atoms with Gasteiger partial charge in [-0.3, -0.25) is 14.7 Å². The number of pyridine rings is 1. The van der Waals surface area contributed by atoms with Gasteiger partial charge in [0, 0.05) is 55.4 Å². The van der Waals surface area contributed by atoms with Crippen LogP contribution in [0.15, 0.2) is 35.5 Å². The molecule has 1 aromatic heterocycles. The molecule has 0 saturated carbocycles. The van der Waals surface area contributed by atoms with Crippen molar-refractivity contribution in [1.29, 1.82) is 0 Å². The first-order chi connectivity index (χ1) is 13.8. The van der Waals surface area contributed by atoms with E-state index in [1.165, 1.54) is 10.5 Å². The maximum absolute atomic E-state index is 13.2. The van der Waals surface area contributed by atoms with Crippen LogP contribution in [0.2, 0.25) is 5.02 Å². The Morgan fingerprint density at radius 1 is 1.24 bits per heavy atom. The van der Waals surface area contributed by atoms with E-state index in [2.05, 4.69) is 10.3 Å². The third-order valence-corrected chi connectivity index (χ3v) is 7.64. The number of carbonyl (C=O) groups excluding carboxylic acids is 1. The number of amides is 1. The molecule has 29 heavy (non-hydrogen) atoms. The van der Waals surface area contributed by atoms with Gasteiger partial charge in [-0.15, -0.1) is 0 Å². The van der Waals surface area contributed by atoms with Crippen LogP contribution in [0.5, 0.6) is 0 Å². The Morgan fingerprint density at radius 3 is 2.83 bits per heavy atom. The van der Waals surface area contributed by atoms with Crippen molar-refractivity contribution in [2.75, 3.05) is 32.7 Å². The average molecular weight is 439 g/mol. The van der Waals surface area contributed by atoms with Crippen molar-refractivity contribution in [2.24, 2.45) is 0 Å². The highest BCUT2D eigenvalue weighted by Crippen LogP contribution is 2.32. The summed E-state index contributed by atoms with van der Waals surface area (Å²) in [6.07, 6.45) is 3.87. The van der Waals surface area contributed by atoms with E-state index in [0.717, 1.165) is 0 Å². The number of rotatable bonds is 5. The number of benzene rings is 1. The van der Waals surface area contributed by atoms with Gasteiger partial charge in [0.25, 0.3) is 0 Å². The van der Waals surface area contributed by atoms with Gasteiger partial charge in [0.05, 0.1) is 22.6 Å². The van der Waals surface area contributed by atoms with E-state index in [4.69, 9.17) is 11.6 Å². The monoisotopic (exact) mass is 438 g/mol. The Morgan fingerprint density at radius 2 is 2.07 bits per heavy atom. The highest BCUT2D eigenvalue weighted by Gasteiger charge is 2.35. The molecule has 2 aromatic rings. The van der Waals surface area contributed by atoms with Crippen LogP contribution in [0.3, 0.4) is 0 Å². The van der Waals surface area contributed by atoms with Gasteiger partial charge in [0.2, 0.25) is 15.9 Å². The molecule has 2 atom stereocenters. The number of fused-ring (bicyclic) bond motifs is 1. The number of hydrogen-bond donors (Lipinski definition) is 2. The maximum atomic E-state index is 13.2. The van der Waals surface area contributed by atoms with Crippen LogP contribution in [0.25, 0.3) is 10.8 Å². The number of aliphatic hydroxyl groups is 1. The second-order valence-corrected chi connectivity index (χ2v) is 9.88. The third kappa shape index (κ3) is 4.24. The van der Waals surface area contributed by atoms with Gasteiger partial charge >= 0.3 is 0 Å². The lowest BCUT2D eigenvalue weighted by atomic mass is 10.2. The molecule has 1 aromatic carbocycles. The van der Waals surface area contributed by atoms with Crippen LogP contribution in [-0.4, -0.2) is 78.5 Å². The average Bonchev–Trinajstić information content (AvgIpc) is 3.31. The van der Waals surface area contributed by atoms with Gasteiger partial charge in [0.1, 0.15) is 0 Å². The summed E-state index contributed by atoms with van der Waals surface area (Å²) in [5.74, 6) is -0.150. The first kappa shape index (κ1) is 20.5. The van der Waals surface area contributed by atoms with E-state index < -0.39 is 10.0 Å². The van der Waals surface area contributed by atoms with Gasteiger partial charge in [-0.1, -0.05) is 23.7 Å². The zero-order valence-corrected chi connectivity index (χ0v) is 17.4. The SMILES string of the molecule is O=C(CN1CCC(O)C1)N[C@@H]1CCN(S(=O)(=O)c2cccc3cncc(Cl)c23)C1. The molecule has 1 amide bonds. The van der Waals surface area contributed by atoms with Gasteiger partial charge in [-0.25, -0.2) is 8.42 Å². The summed E-state index contributed by atoms with van der Waals surface area (Å²) in [5.41, 5.74) is 0. The predicted octanol–water partition coefficient (Wildman–Crippen LogP) is 0.834. The Bertz CT molecular complexity index is 1030. The molecule has 0 spiro atoms. The molecule has 156 valence electrons. The van der Waals surface area contributed by atoms with Crippen molar-refractivity contribution in [3.63, 3.8) is 0 Å². The van der Waals surface area contributed by atoms with Gasteiger partial charge < -0.3 is 10.4 Å². The van der Waals surface area contributed by atoms with E-state index in [0.29, 0.717) is 48.3 Å². The molecule has 0 bridgehead atoms. The maximum Gasteiger partial charge on any atom is 0.243 e. The molecule has 8 nitrogen and oxygen atoms in total. The molecule has 2 saturated heterocycles. The standard InChI is InChI=1S/C19H23ClN4O4S/c20-16-9-21-8-13-2-1-3-17(19(13)16)29(27,28)24-7-4-14(10-24)22-18(26)12-23-6-5-15(25)11-23/h1-3,8-9,14-15,25H,4-7,10-12H2,(H,22,26)/t14-,15?/m1/s1. The van der Waals surface area contributed by atoms with Crippen molar-refractivity contribution in [1.82, 2.24) is 19.5 Å². The number of likely N-dealkylation sites (tertiary alicyclic amines) is 1. The Kier molecular flexibility index (Phi) is 5.76. The van der Waals surface area contributed by atoms with Crippen molar-refractivity contribution in [3.05, 3.63) is 35.6 Å². The summed E-state index contributed by atoms with van der Waals surface area (Å²) in [6.45, 7) is 1.95. The quantitative estimate of drug-likeness (QED) is 0.717. The first-order valence-corrected chi connectivity index (χ1v) is 11.4. The largest absolute Gasteiger partial charge is 0.392 e. The number of aromatic nitrogens is 1. The number of halogens is 1. The van der Waals surface area contributed by atoms with E-state index in [-0.39, 0.29) is 36.0 Å². The van der Waals surface area contributed by atoms with Crippen LogP contribution in [0.1, 0.15) is 12.8 Å². The Balaban J connectivity index is 1.45. The molecular weight excluding hydrogens is 416 g/mol. The van der Waals surface area contributed by atoms with E-state index in [9.17, 15) is 18.3 Å². The van der Waals surface area contributed by atoms with Gasteiger partial charge in [-0.05, 0) is 18.9 Å². The van der Waals surface area contributed by atoms with Gasteiger partial charge in [0.15, 0.2) is 0 Å². The lowest BCUT2D eigenvalue weighted by Gasteiger charge is -2.20. The highest BCUT2D eigenvalue weighted by molar-refractivity contribution is 7.89. The zero-order valence-electron chi connectivity index (χ0n) is 15.8. The van der Waals surface area contributed by atoms with Gasteiger partial charge in [-0.2, -0.15) is 4.31 Å². The van der Waals surface area contributed by atoms with Crippen LogP contribution in [0, 0.1) is 0 Å². The third-order valence-electron chi connectivity index (χ3n) is 5.45. The molecule has 3 heterocycles. The van der Waals surface area contributed by atoms with Crippen LogP contribution < -0.4 is 5.32 Å². The van der Waals surface area contributed by atoms with Crippen molar-refractivity contribution in [3.8, 4) is 0 Å². The fraction of sp³-hybridized carbons (Fsp3) is 0.474. The minimum atomic E-state index is -3.76. The summed E-state index contributed by atoms with van der Waals surface area (Å²) >= 11 is 6.24. The van der Waals surface area contributed by atoms with Crippen LogP contribution in [-0.2, 0) is 14.8 Å². The summed E-state index contributed by atoms with van der Waals surface area (Å²) in [5, 5.41) is 13.9. The summed E-state index contributed by atoms with van der Waals surface area (Å²) in [7, 11) is -3.76. The molecular formula is C19H23ClN4O4S. The predicted molar refractivity (Wildman–Crippen MR) is 109 cm³/mol. The molecule has 0 aliphatic carbocycles.